The largest absolute Gasteiger partial charge is 0.383 e. The maximum Gasteiger partial charge on any atom is 0.241 e. The number of carbonyl (C=O) groups excluding carboxylic acids is 1. The normalized spacial score (nSPS) is 21.0. The predicted molar refractivity (Wildman–Crippen MR) is 80.0 cm³/mol. The van der Waals surface area contributed by atoms with Crippen molar-refractivity contribution in [3.8, 4) is 0 Å². The summed E-state index contributed by atoms with van der Waals surface area (Å²) in [7, 11) is 1.56. The number of carbonyl (C=O) groups is 1. The number of likely N-dealkylation sites (tertiary alicyclic amines) is 1. The molecule has 2 N–H and O–H groups in total. The van der Waals surface area contributed by atoms with E-state index in [0.29, 0.717) is 5.92 Å². The van der Waals surface area contributed by atoms with Gasteiger partial charge in [-0.2, -0.15) is 0 Å². The highest BCUT2D eigenvalue weighted by Crippen LogP contribution is 2.31. The van der Waals surface area contributed by atoms with E-state index in [2.05, 4.69) is 11.9 Å². The number of thiazole rings is 1. The second-order valence-electron chi connectivity index (χ2n) is 5.38. The Labute approximate surface area is 124 Å². The molecule has 20 heavy (non-hydrogen) atoms. The van der Waals surface area contributed by atoms with E-state index in [1.165, 1.54) is 4.88 Å². The van der Waals surface area contributed by atoms with E-state index < -0.39 is 6.04 Å². The van der Waals surface area contributed by atoms with E-state index in [0.717, 1.165) is 36.6 Å². The number of piperidine rings is 1. The molecule has 6 heteroatoms. The van der Waals surface area contributed by atoms with Gasteiger partial charge in [-0.3, -0.25) is 4.79 Å². The molecule has 2 unspecified atom stereocenters. The zero-order valence-electron chi connectivity index (χ0n) is 12.4. The van der Waals surface area contributed by atoms with Crippen LogP contribution in [0, 0.1) is 13.8 Å². The van der Waals surface area contributed by atoms with Gasteiger partial charge in [0, 0.05) is 31.0 Å². The SMILES string of the molecule is COCC(N)C(=O)N1CCCC(c2nc(C)c(C)s2)C1. The molecule has 1 amide bonds. The number of ether oxygens (including phenoxy) is 1. The fourth-order valence-corrected chi connectivity index (χ4v) is 3.59. The van der Waals surface area contributed by atoms with Crippen molar-refractivity contribution in [2.45, 2.75) is 38.6 Å². The van der Waals surface area contributed by atoms with Crippen LogP contribution in [-0.4, -0.2) is 48.6 Å². The summed E-state index contributed by atoms with van der Waals surface area (Å²) < 4.78 is 4.96. The van der Waals surface area contributed by atoms with Crippen LogP contribution in [0.15, 0.2) is 0 Å². The van der Waals surface area contributed by atoms with E-state index in [4.69, 9.17) is 10.5 Å². The first-order chi connectivity index (χ1) is 9.52. The maximum absolute atomic E-state index is 12.2. The molecule has 0 radical (unpaired) electrons. The van der Waals surface area contributed by atoms with Crippen molar-refractivity contribution in [2.24, 2.45) is 5.73 Å². The van der Waals surface area contributed by atoms with Crippen LogP contribution >= 0.6 is 11.3 Å². The molecule has 5 nitrogen and oxygen atoms in total. The minimum atomic E-state index is -0.557. The van der Waals surface area contributed by atoms with Gasteiger partial charge in [-0.25, -0.2) is 4.98 Å². The first kappa shape index (κ1) is 15.4. The molecule has 0 aliphatic carbocycles. The van der Waals surface area contributed by atoms with Crippen molar-refractivity contribution in [1.29, 1.82) is 0 Å². The van der Waals surface area contributed by atoms with Gasteiger partial charge in [0.05, 0.1) is 17.3 Å². The molecule has 1 aromatic heterocycles. The van der Waals surface area contributed by atoms with Gasteiger partial charge in [-0.05, 0) is 26.7 Å². The van der Waals surface area contributed by atoms with E-state index in [1.54, 1.807) is 18.4 Å². The summed E-state index contributed by atoms with van der Waals surface area (Å²) in [6.45, 7) is 5.92. The number of nitrogens with two attached hydrogens (primary N) is 1. The lowest BCUT2D eigenvalue weighted by Crippen LogP contribution is -2.49. The fourth-order valence-electron chi connectivity index (χ4n) is 2.54. The van der Waals surface area contributed by atoms with Crippen LogP contribution < -0.4 is 5.73 Å². The van der Waals surface area contributed by atoms with Gasteiger partial charge in [0.15, 0.2) is 0 Å². The third kappa shape index (κ3) is 3.37. The molecule has 1 aliphatic rings. The topological polar surface area (TPSA) is 68.5 Å². The zero-order chi connectivity index (χ0) is 14.7. The Balaban J connectivity index is 2.03. The molecule has 2 heterocycles. The first-order valence-electron chi connectivity index (χ1n) is 7.00. The van der Waals surface area contributed by atoms with Crippen molar-refractivity contribution < 1.29 is 9.53 Å². The van der Waals surface area contributed by atoms with Crippen molar-refractivity contribution in [2.75, 3.05) is 26.8 Å². The molecule has 1 aromatic rings. The van der Waals surface area contributed by atoms with Crippen LogP contribution in [-0.2, 0) is 9.53 Å². The molecule has 0 aromatic carbocycles. The Hall–Kier alpha value is -0.980. The lowest BCUT2D eigenvalue weighted by Gasteiger charge is -2.33. The minimum Gasteiger partial charge on any atom is -0.383 e. The highest BCUT2D eigenvalue weighted by molar-refractivity contribution is 7.11. The van der Waals surface area contributed by atoms with Gasteiger partial charge in [0.25, 0.3) is 0 Å². The van der Waals surface area contributed by atoms with Gasteiger partial charge in [-0.1, -0.05) is 0 Å². The summed E-state index contributed by atoms with van der Waals surface area (Å²) in [5.74, 6) is 0.335. The van der Waals surface area contributed by atoms with E-state index >= 15 is 0 Å². The molecule has 0 saturated carbocycles. The summed E-state index contributed by atoms with van der Waals surface area (Å²) in [4.78, 5) is 20.0. The van der Waals surface area contributed by atoms with Crippen LogP contribution in [0.25, 0.3) is 0 Å². The van der Waals surface area contributed by atoms with Gasteiger partial charge in [0.2, 0.25) is 5.91 Å². The van der Waals surface area contributed by atoms with Crippen LogP contribution in [0.4, 0.5) is 0 Å². The number of aromatic nitrogens is 1. The molecule has 0 bridgehead atoms. The number of rotatable bonds is 4. The highest BCUT2D eigenvalue weighted by atomic mass is 32.1. The molecular formula is C14H23N3O2S. The number of aryl methyl sites for hydroxylation is 2. The Bertz CT molecular complexity index is 455. The fraction of sp³-hybridized carbons (Fsp3) is 0.714. The molecule has 112 valence electrons. The van der Waals surface area contributed by atoms with E-state index in [9.17, 15) is 4.79 Å². The summed E-state index contributed by atoms with van der Waals surface area (Å²) in [6.07, 6.45) is 2.10. The maximum atomic E-state index is 12.2. The van der Waals surface area contributed by atoms with Crippen molar-refractivity contribution in [3.05, 3.63) is 15.6 Å². The predicted octanol–water partition coefficient (Wildman–Crippen LogP) is 1.44. The molecular weight excluding hydrogens is 274 g/mol. The summed E-state index contributed by atoms with van der Waals surface area (Å²) in [5, 5.41) is 1.15. The summed E-state index contributed by atoms with van der Waals surface area (Å²) >= 11 is 1.75. The molecule has 0 spiro atoms. The number of hydrogen-bond donors (Lipinski definition) is 1. The van der Waals surface area contributed by atoms with Crippen LogP contribution in [0.5, 0.6) is 0 Å². The van der Waals surface area contributed by atoms with E-state index in [1.807, 2.05) is 11.8 Å². The molecule has 2 atom stereocenters. The number of hydrogen-bond acceptors (Lipinski definition) is 5. The number of nitrogens with zero attached hydrogens (tertiary/aromatic N) is 2. The van der Waals surface area contributed by atoms with Crippen LogP contribution in [0.1, 0.15) is 34.3 Å². The van der Waals surface area contributed by atoms with Gasteiger partial charge in [-0.15, -0.1) is 11.3 Å². The van der Waals surface area contributed by atoms with Crippen molar-refractivity contribution in [1.82, 2.24) is 9.88 Å². The third-order valence-corrected chi connectivity index (χ3v) is 5.03. The number of methoxy groups -OCH3 is 1. The standard InChI is InChI=1S/C14H23N3O2S/c1-9-10(2)20-13(16-9)11-5-4-6-17(7-11)14(18)12(15)8-19-3/h11-12H,4-8,15H2,1-3H3. The lowest BCUT2D eigenvalue weighted by molar-refractivity contribution is -0.135. The van der Waals surface area contributed by atoms with Crippen molar-refractivity contribution in [3.63, 3.8) is 0 Å². The van der Waals surface area contributed by atoms with Crippen molar-refractivity contribution >= 4 is 17.2 Å². The third-order valence-electron chi connectivity index (χ3n) is 3.79. The Kier molecular flexibility index (Phi) is 5.12. The van der Waals surface area contributed by atoms with Gasteiger partial charge in [0.1, 0.15) is 6.04 Å². The quantitative estimate of drug-likeness (QED) is 0.913. The highest BCUT2D eigenvalue weighted by Gasteiger charge is 2.29. The monoisotopic (exact) mass is 297 g/mol. The Morgan fingerprint density at radius 1 is 1.60 bits per heavy atom. The Morgan fingerprint density at radius 2 is 2.35 bits per heavy atom. The molecule has 2 rings (SSSR count). The first-order valence-corrected chi connectivity index (χ1v) is 7.81. The molecule has 1 saturated heterocycles. The summed E-state index contributed by atoms with van der Waals surface area (Å²) in [5.41, 5.74) is 6.94. The molecule has 1 aliphatic heterocycles. The average Bonchev–Trinajstić information content (AvgIpc) is 2.78. The van der Waals surface area contributed by atoms with E-state index in [-0.39, 0.29) is 12.5 Å². The van der Waals surface area contributed by atoms with Crippen LogP contribution in [0.2, 0.25) is 0 Å². The average molecular weight is 297 g/mol. The molecule has 1 fully saturated rings. The second kappa shape index (κ2) is 6.65. The minimum absolute atomic E-state index is 0.0125. The van der Waals surface area contributed by atoms with Gasteiger partial charge < -0.3 is 15.4 Å². The number of amides is 1. The smallest absolute Gasteiger partial charge is 0.241 e. The zero-order valence-corrected chi connectivity index (χ0v) is 13.2. The second-order valence-corrected chi connectivity index (χ2v) is 6.61. The van der Waals surface area contributed by atoms with Gasteiger partial charge >= 0.3 is 0 Å². The lowest BCUT2D eigenvalue weighted by atomic mass is 9.98. The Morgan fingerprint density at radius 3 is 2.95 bits per heavy atom. The summed E-state index contributed by atoms with van der Waals surface area (Å²) in [6, 6.07) is -0.557. The van der Waals surface area contributed by atoms with Crippen LogP contribution in [0.3, 0.4) is 0 Å².